The number of benzene rings is 2. The Kier molecular flexibility index (Phi) is 6.64. The van der Waals surface area contributed by atoms with Crippen molar-refractivity contribution in [3.63, 3.8) is 0 Å². The number of hydrogen-bond acceptors (Lipinski definition) is 5. The molecule has 3 N–H and O–H groups in total. The minimum Gasteiger partial charge on any atom is -0.507 e. The van der Waals surface area contributed by atoms with Gasteiger partial charge in [-0.25, -0.2) is 5.43 Å². The van der Waals surface area contributed by atoms with Crippen molar-refractivity contribution in [2.45, 2.75) is 12.8 Å². The third-order valence-corrected chi connectivity index (χ3v) is 3.33. The largest absolute Gasteiger partial charge is 0.507 e. The molecule has 0 atom stereocenters. The van der Waals surface area contributed by atoms with Crippen molar-refractivity contribution >= 4 is 17.8 Å². The van der Waals surface area contributed by atoms with E-state index in [9.17, 15) is 9.90 Å². The van der Waals surface area contributed by atoms with Crippen LogP contribution in [0.2, 0.25) is 0 Å². The maximum Gasteiger partial charge on any atom is 0.240 e. The van der Waals surface area contributed by atoms with Crippen molar-refractivity contribution in [1.82, 2.24) is 5.43 Å². The van der Waals surface area contributed by atoms with Gasteiger partial charge in [-0.2, -0.15) is 5.10 Å². The van der Waals surface area contributed by atoms with E-state index in [0.29, 0.717) is 24.9 Å². The normalized spacial score (nSPS) is 10.5. The smallest absolute Gasteiger partial charge is 0.240 e. The first-order valence-corrected chi connectivity index (χ1v) is 7.67. The zero-order valence-corrected chi connectivity index (χ0v) is 13.5. The Bertz CT molecular complexity index is 684. The molecule has 0 aliphatic heterocycles. The minimum absolute atomic E-state index is 0.124. The molecule has 126 valence electrons. The summed E-state index contributed by atoms with van der Waals surface area (Å²) in [6, 6.07) is 14.4. The van der Waals surface area contributed by atoms with Gasteiger partial charge in [-0.1, -0.05) is 12.1 Å². The number of ether oxygens (including phenoxy) is 1. The van der Waals surface area contributed by atoms with E-state index in [4.69, 9.17) is 4.74 Å². The van der Waals surface area contributed by atoms with Crippen molar-refractivity contribution in [2.75, 3.05) is 19.0 Å². The first kappa shape index (κ1) is 17.3. The predicted molar refractivity (Wildman–Crippen MR) is 94.6 cm³/mol. The fourth-order valence-corrected chi connectivity index (χ4v) is 2.02. The summed E-state index contributed by atoms with van der Waals surface area (Å²) in [7, 11) is 1.63. The van der Waals surface area contributed by atoms with Gasteiger partial charge < -0.3 is 15.2 Å². The van der Waals surface area contributed by atoms with Crippen LogP contribution in [-0.2, 0) is 4.79 Å². The number of hydrazone groups is 1. The number of methoxy groups -OCH3 is 1. The number of anilines is 1. The van der Waals surface area contributed by atoms with Gasteiger partial charge in [0.15, 0.2) is 0 Å². The summed E-state index contributed by atoms with van der Waals surface area (Å²) in [5.74, 6) is 0.764. The van der Waals surface area contributed by atoms with Crippen LogP contribution in [0.5, 0.6) is 11.5 Å². The zero-order chi connectivity index (χ0) is 17.2. The summed E-state index contributed by atoms with van der Waals surface area (Å²) in [5, 5.41) is 16.6. The molecule has 1 amide bonds. The Morgan fingerprint density at radius 1 is 1.21 bits per heavy atom. The average molecular weight is 327 g/mol. The molecule has 0 heterocycles. The van der Waals surface area contributed by atoms with Gasteiger partial charge in [0.2, 0.25) is 5.91 Å². The molecule has 0 unspecified atom stereocenters. The van der Waals surface area contributed by atoms with Crippen LogP contribution in [0.1, 0.15) is 18.4 Å². The first-order valence-electron chi connectivity index (χ1n) is 7.67. The van der Waals surface area contributed by atoms with Crippen LogP contribution < -0.4 is 15.5 Å². The van der Waals surface area contributed by atoms with Crippen molar-refractivity contribution in [3.05, 3.63) is 54.1 Å². The summed E-state index contributed by atoms with van der Waals surface area (Å²) in [4.78, 5) is 11.7. The molecule has 0 saturated heterocycles. The van der Waals surface area contributed by atoms with Gasteiger partial charge in [0, 0.05) is 24.2 Å². The SMILES string of the molecule is COc1ccc(NCCCC(=O)NN=Cc2ccccc2O)cc1. The number of carbonyl (C=O) groups excluding carboxylic acids is 1. The second kappa shape index (κ2) is 9.19. The van der Waals surface area contributed by atoms with E-state index < -0.39 is 0 Å². The van der Waals surface area contributed by atoms with Gasteiger partial charge >= 0.3 is 0 Å². The number of amides is 1. The molecule has 2 rings (SSSR count). The van der Waals surface area contributed by atoms with Crippen LogP contribution >= 0.6 is 0 Å². The standard InChI is InChI=1S/C18H21N3O3/c1-24-16-10-8-15(9-11-16)19-12-4-7-18(23)21-20-13-14-5-2-3-6-17(14)22/h2-3,5-6,8-11,13,19,22H,4,7,12H2,1H3,(H,21,23). The maximum absolute atomic E-state index is 11.7. The molecule has 0 aliphatic carbocycles. The van der Waals surface area contributed by atoms with Gasteiger partial charge in [0.1, 0.15) is 11.5 Å². The highest BCUT2D eigenvalue weighted by Crippen LogP contribution is 2.15. The molecule has 0 spiro atoms. The number of para-hydroxylation sites is 1. The van der Waals surface area contributed by atoms with Crippen molar-refractivity contribution in [3.8, 4) is 11.5 Å². The second-order valence-electron chi connectivity index (χ2n) is 5.11. The molecule has 0 saturated carbocycles. The van der Waals surface area contributed by atoms with Crippen LogP contribution in [0, 0.1) is 0 Å². The number of phenolic OH excluding ortho intramolecular Hbond substituents is 1. The first-order chi connectivity index (χ1) is 11.7. The lowest BCUT2D eigenvalue weighted by atomic mass is 10.2. The molecule has 2 aromatic rings. The summed E-state index contributed by atoms with van der Waals surface area (Å²) in [6.07, 6.45) is 2.47. The molecule has 0 radical (unpaired) electrons. The summed E-state index contributed by atoms with van der Waals surface area (Å²) in [5.41, 5.74) is 3.98. The zero-order valence-electron chi connectivity index (χ0n) is 13.5. The third-order valence-electron chi connectivity index (χ3n) is 3.33. The van der Waals surface area contributed by atoms with Gasteiger partial charge in [0.05, 0.1) is 13.3 Å². The molecule has 6 heteroatoms. The summed E-state index contributed by atoms with van der Waals surface area (Å²) in [6.45, 7) is 0.683. The monoisotopic (exact) mass is 327 g/mol. The number of carbonyl (C=O) groups is 1. The summed E-state index contributed by atoms with van der Waals surface area (Å²) < 4.78 is 5.09. The van der Waals surface area contributed by atoms with E-state index in [-0.39, 0.29) is 11.7 Å². The molecular formula is C18H21N3O3. The maximum atomic E-state index is 11.7. The fourth-order valence-electron chi connectivity index (χ4n) is 2.02. The van der Waals surface area contributed by atoms with E-state index in [1.165, 1.54) is 6.21 Å². The Balaban J connectivity index is 1.65. The van der Waals surface area contributed by atoms with Crippen molar-refractivity contribution < 1.29 is 14.6 Å². The van der Waals surface area contributed by atoms with Gasteiger partial charge in [-0.3, -0.25) is 4.79 Å². The molecule has 0 bridgehead atoms. The van der Waals surface area contributed by atoms with Gasteiger partial charge in [-0.05, 0) is 42.8 Å². The molecule has 0 fully saturated rings. The number of nitrogens with zero attached hydrogens (tertiary/aromatic N) is 1. The molecule has 6 nitrogen and oxygen atoms in total. The van der Waals surface area contributed by atoms with E-state index >= 15 is 0 Å². The number of phenols is 1. The average Bonchev–Trinajstić information content (AvgIpc) is 2.61. The minimum atomic E-state index is -0.168. The van der Waals surface area contributed by atoms with E-state index in [1.807, 2.05) is 24.3 Å². The molecule has 24 heavy (non-hydrogen) atoms. The number of nitrogens with one attached hydrogen (secondary N) is 2. The number of rotatable bonds is 8. The lowest BCUT2D eigenvalue weighted by Crippen LogP contribution is -2.18. The predicted octanol–water partition coefficient (Wildman–Crippen LogP) is 2.74. The van der Waals surface area contributed by atoms with Crippen LogP contribution in [0.3, 0.4) is 0 Å². The van der Waals surface area contributed by atoms with Crippen LogP contribution in [-0.4, -0.2) is 30.9 Å². The van der Waals surface area contributed by atoms with Crippen LogP contribution in [0.4, 0.5) is 5.69 Å². The molecular weight excluding hydrogens is 306 g/mol. The van der Waals surface area contributed by atoms with Crippen molar-refractivity contribution in [2.24, 2.45) is 5.10 Å². The highest BCUT2D eigenvalue weighted by atomic mass is 16.5. The lowest BCUT2D eigenvalue weighted by molar-refractivity contribution is -0.121. The topological polar surface area (TPSA) is 83.0 Å². The Morgan fingerprint density at radius 3 is 2.67 bits per heavy atom. The van der Waals surface area contributed by atoms with Crippen LogP contribution in [0.25, 0.3) is 0 Å². The highest BCUT2D eigenvalue weighted by molar-refractivity contribution is 5.84. The lowest BCUT2D eigenvalue weighted by Gasteiger charge is -2.06. The summed E-state index contributed by atoms with van der Waals surface area (Å²) >= 11 is 0. The quantitative estimate of drug-likeness (QED) is 0.395. The third kappa shape index (κ3) is 5.64. The van der Waals surface area contributed by atoms with Crippen molar-refractivity contribution in [1.29, 1.82) is 0 Å². The Hall–Kier alpha value is -3.02. The van der Waals surface area contributed by atoms with Gasteiger partial charge in [0.25, 0.3) is 0 Å². The van der Waals surface area contributed by atoms with Gasteiger partial charge in [-0.15, -0.1) is 0 Å². The number of aromatic hydroxyl groups is 1. The Morgan fingerprint density at radius 2 is 1.96 bits per heavy atom. The van der Waals surface area contributed by atoms with E-state index in [1.54, 1.807) is 31.4 Å². The van der Waals surface area contributed by atoms with Crippen LogP contribution in [0.15, 0.2) is 53.6 Å². The molecule has 0 aliphatic rings. The molecule has 2 aromatic carbocycles. The molecule has 0 aromatic heterocycles. The number of hydrogen-bond donors (Lipinski definition) is 3. The highest BCUT2D eigenvalue weighted by Gasteiger charge is 2.00. The van der Waals surface area contributed by atoms with E-state index in [2.05, 4.69) is 15.8 Å². The second-order valence-corrected chi connectivity index (χ2v) is 5.11. The Labute approximate surface area is 141 Å². The van der Waals surface area contributed by atoms with E-state index in [0.717, 1.165) is 11.4 Å². The fraction of sp³-hybridized carbons (Fsp3) is 0.222.